The van der Waals surface area contributed by atoms with Gasteiger partial charge in [0, 0.05) is 19.0 Å². The molecule has 1 aliphatic heterocycles. The number of aromatic nitrogens is 2. The van der Waals surface area contributed by atoms with Crippen molar-refractivity contribution in [3.8, 4) is 0 Å². The molecule has 1 saturated heterocycles. The fraction of sp³-hybridized carbons (Fsp3) is 0.727. The van der Waals surface area contributed by atoms with Gasteiger partial charge in [-0.1, -0.05) is 5.10 Å². The highest BCUT2D eigenvalue weighted by molar-refractivity contribution is 5.90. The van der Waals surface area contributed by atoms with Gasteiger partial charge in [0.2, 0.25) is 11.8 Å². The maximum absolute atomic E-state index is 11.7. The fourth-order valence-corrected chi connectivity index (χ4v) is 2.10. The summed E-state index contributed by atoms with van der Waals surface area (Å²) < 4.78 is 5.34. The molecule has 7 nitrogen and oxygen atoms in total. The van der Waals surface area contributed by atoms with Gasteiger partial charge in [-0.15, -0.1) is 5.10 Å². The summed E-state index contributed by atoms with van der Waals surface area (Å²) in [6.07, 6.45) is 2.57. The zero-order chi connectivity index (χ0) is 12.5. The molecule has 7 heteroatoms. The lowest BCUT2D eigenvalue weighted by atomic mass is 10.3. The van der Waals surface area contributed by atoms with Crippen molar-refractivity contribution in [1.29, 1.82) is 0 Å². The van der Waals surface area contributed by atoms with Crippen LogP contribution in [-0.4, -0.2) is 51.8 Å². The lowest BCUT2D eigenvalue weighted by molar-refractivity contribution is -0.117. The summed E-state index contributed by atoms with van der Waals surface area (Å²) in [4.78, 5) is 13.6. The number of carbonyl (C=O) groups excluding carboxylic acids is 1. The molecule has 2 fully saturated rings. The van der Waals surface area contributed by atoms with E-state index in [0.717, 1.165) is 25.8 Å². The fourth-order valence-electron chi connectivity index (χ4n) is 2.10. The van der Waals surface area contributed by atoms with Gasteiger partial charge in [0.25, 0.3) is 0 Å². The molecule has 0 unspecified atom stereocenters. The highest BCUT2D eigenvalue weighted by Gasteiger charge is 2.29. The van der Waals surface area contributed by atoms with Crippen LogP contribution in [0.4, 0.5) is 6.01 Å². The highest BCUT2D eigenvalue weighted by Crippen LogP contribution is 2.39. The van der Waals surface area contributed by atoms with Crippen molar-refractivity contribution >= 4 is 11.9 Å². The van der Waals surface area contributed by atoms with Crippen molar-refractivity contribution in [2.24, 2.45) is 0 Å². The topological polar surface area (TPSA) is 91.5 Å². The van der Waals surface area contributed by atoms with E-state index in [1.807, 2.05) is 4.90 Å². The number of aliphatic hydroxyl groups is 1. The Hall–Kier alpha value is -1.47. The predicted octanol–water partition coefficient (Wildman–Crippen LogP) is -0.0479. The Bertz CT molecular complexity index is 443. The van der Waals surface area contributed by atoms with Gasteiger partial charge in [-0.2, -0.15) is 0 Å². The van der Waals surface area contributed by atoms with Gasteiger partial charge in [-0.3, -0.25) is 15.0 Å². The van der Waals surface area contributed by atoms with Gasteiger partial charge < -0.3 is 9.52 Å². The van der Waals surface area contributed by atoms with Crippen molar-refractivity contribution in [1.82, 2.24) is 15.1 Å². The van der Waals surface area contributed by atoms with Crippen LogP contribution in [0.25, 0.3) is 0 Å². The average molecular weight is 252 g/mol. The first-order chi connectivity index (χ1) is 8.70. The number of aliphatic hydroxyl groups excluding tert-OH is 1. The number of anilines is 1. The summed E-state index contributed by atoms with van der Waals surface area (Å²) in [6.45, 7) is 1.54. The van der Waals surface area contributed by atoms with Crippen molar-refractivity contribution < 1.29 is 14.3 Å². The molecule has 98 valence electrons. The van der Waals surface area contributed by atoms with Crippen molar-refractivity contribution in [2.75, 3.05) is 25.0 Å². The van der Waals surface area contributed by atoms with Crippen LogP contribution >= 0.6 is 0 Å². The minimum absolute atomic E-state index is 0.168. The molecule has 0 spiro atoms. The molecule has 2 aliphatic rings. The lowest BCUT2D eigenvalue weighted by Crippen LogP contribution is -2.32. The van der Waals surface area contributed by atoms with E-state index in [-0.39, 0.29) is 24.6 Å². The van der Waals surface area contributed by atoms with Crippen molar-refractivity contribution in [2.45, 2.75) is 31.3 Å². The van der Waals surface area contributed by atoms with Crippen LogP contribution in [0, 0.1) is 0 Å². The van der Waals surface area contributed by atoms with E-state index in [1.54, 1.807) is 0 Å². The molecule has 1 amide bonds. The average Bonchev–Trinajstić information content (AvgIpc) is 2.95. The Morgan fingerprint density at radius 2 is 2.28 bits per heavy atom. The third kappa shape index (κ3) is 2.68. The molecule has 1 aliphatic carbocycles. The van der Waals surface area contributed by atoms with Crippen LogP contribution in [0.5, 0.6) is 0 Å². The van der Waals surface area contributed by atoms with Crippen molar-refractivity contribution in [3.05, 3.63) is 5.89 Å². The standard InChI is InChI=1S/C11H16N4O3/c16-8-3-4-15(5-8)6-9(17)12-11-14-13-10(18-11)7-1-2-7/h7-8,16H,1-6H2,(H,12,14,17)/t8-/m1/s1. The van der Waals surface area contributed by atoms with Crippen LogP contribution < -0.4 is 5.32 Å². The lowest BCUT2D eigenvalue weighted by Gasteiger charge is -2.12. The zero-order valence-electron chi connectivity index (χ0n) is 10.0. The molecule has 0 aromatic carbocycles. The Labute approximate surface area is 104 Å². The van der Waals surface area contributed by atoms with Crippen LogP contribution in [-0.2, 0) is 4.79 Å². The van der Waals surface area contributed by atoms with Crippen molar-refractivity contribution in [3.63, 3.8) is 0 Å². The van der Waals surface area contributed by atoms with Crippen LogP contribution in [0.2, 0.25) is 0 Å². The van der Waals surface area contributed by atoms with Crippen LogP contribution in [0.15, 0.2) is 4.42 Å². The second kappa shape index (κ2) is 4.66. The van der Waals surface area contributed by atoms with Gasteiger partial charge in [-0.05, 0) is 19.3 Å². The normalized spacial score (nSPS) is 24.4. The Balaban J connectivity index is 1.50. The SMILES string of the molecule is O=C(CN1CC[C@@H](O)C1)Nc1nnc(C2CC2)o1. The van der Waals surface area contributed by atoms with Crippen LogP contribution in [0.3, 0.4) is 0 Å². The largest absolute Gasteiger partial charge is 0.408 e. The minimum atomic E-state index is -0.317. The number of nitrogens with zero attached hydrogens (tertiary/aromatic N) is 3. The molecule has 18 heavy (non-hydrogen) atoms. The summed E-state index contributed by atoms with van der Waals surface area (Å²) in [5, 5.41) is 19.6. The first-order valence-electron chi connectivity index (χ1n) is 6.24. The number of amides is 1. The molecule has 1 aromatic heterocycles. The Morgan fingerprint density at radius 1 is 1.44 bits per heavy atom. The summed E-state index contributed by atoms with van der Waals surface area (Å²) in [6, 6.07) is 0.168. The molecule has 1 atom stereocenters. The molecule has 1 aromatic rings. The number of rotatable bonds is 4. The molecule has 0 radical (unpaired) electrons. The second-order valence-corrected chi connectivity index (χ2v) is 4.95. The van der Waals surface area contributed by atoms with Gasteiger partial charge in [0.1, 0.15) is 0 Å². The summed E-state index contributed by atoms with van der Waals surface area (Å²) in [7, 11) is 0. The maximum Gasteiger partial charge on any atom is 0.322 e. The quantitative estimate of drug-likeness (QED) is 0.780. The smallest absolute Gasteiger partial charge is 0.322 e. The molecule has 2 heterocycles. The van der Waals surface area contributed by atoms with E-state index in [0.29, 0.717) is 18.4 Å². The van der Waals surface area contributed by atoms with E-state index in [9.17, 15) is 9.90 Å². The Morgan fingerprint density at radius 3 is 2.94 bits per heavy atom. The number of hydrogen-bond donors (Lipinski definition) is 2. The highest BCUT2D eigenvalue weighted by atomic mass is 16.4. The Kier molecular flexibility index (Phi) is 3.00. The van der Waals surface area contributed by atoms with E-state index >= 15 is 0 Å². The summed E-state index contributed by atoms with van der Waals surface area (Å²) >= 11 is 0. The van der Waals surface area contributed by atoms with E-state index in [1.165, 1.54) is 0 Å². The third-order valence-corrected chi connectivity index (χ3v) is 3.23. The molecule has 0 bridgehead atoms. The number of carbonyl (C=O) groups is 1. The van der Waals surface area contributed by atoms with E-state index in [4.69, 9.17) is 4.42 Å². The summed E-state index contributed by atoms with van der Waals surface area (Å²) in [5.74, 6) is 0.814. The maximum atomic E-state index is 11.7. The van der Waals surface area contributed by atoms with Gasteiger partial charge >= 0.3 is 6.01 Å². The summed E-state index contributed by atoms with van der Waals surface area (Å²) in [5.41, 5.74) is 0. The molecule has 2 N–H and O–H groups in total. The van der Waals surface area contributed by atoms with Crippen LogP contribution in [0.1, 0.15) is 31.1 Å². The molecule has 1 saturated carbocycles. The first-order valence-corrected chi connectivity index (χ1v) is 6.24. The number of hydrogen-bond acceptors (Lipinski definition) is 6. The first kappa shape index (κ1) is 11.6. The molecular formula is C11H16N4O3. The minimum Gasteiger partial charge on any atom is -0.408 e. The third-order valence-electron chi connectivity index (χ3n) is 3.23. The van der Waals surface area contributed by atoms with Gasteiger partial charge in [0.15, 0.2) is 0 Å². The number of nitrogens with one attached hydrogen (secondary N) is 1. The number of likely N-dealkylation sites (tertiary alicyclic amines) is 1. The van der Waals surface area contributed by atoms with E-state index in [2.05, 4.69) is 15.5 Å². The molecule has 3 rings (SSSR count). The van der Waals surface area contributed by atoms with E-state index < -0.39 is 0 Å². The predicted molar refractivity (Wildman–Crippen MR) is 62.0 cm³/mol. The monoisotopic (exact) mass is 252 g/mol. The van der Waals surface area contributed by atoms with Gasteiger partial charge in [-0.25, -0.2) is 0 Å². The molecular weight excluding hydrogens is 236 g/mol. The second-order valence-electron chi connectivity index (χ2n) is 4.95. The number of β-amino-alcohol motifs (C(OH)–C–C–N with tert-alkyl or cyclic N) is 1. The van der Waals surface area contributed by atoms with Gasteiger partial charge in [0.05, 0.1) is 12.6 Å². The zero-order valence-corrected chi connectivity index (χ0v) is 10.0.